The summed E-state index contributed by atoms with van der Waals surface area (Å²) in [5, 5.41) is 0. The molecule has 1 aromatic carbocycles. The van der Waals surface area contributed by atoms with Gasteiger partial charge in [0.2, 0.25) is 0 Å². The van der Waals surface area contributed by atoms with Crippen LogP contribution in [0.15, 0.2) is 36.7 Å². The van der Waals surface area contributed by atoms with Crippen LogP contribution in [0.2, 0.25) is 0 Å². The first-order chi connectivity index (χ1) is 8.74. The van der Waals surface area contributed by atoms with E-state index in [0.29, 0.717) is 5.92 Å². The zero-order valence-electron chi connectivity index (χ0n) is 10.6. The number of nitrogen functional groups attached to an aromatic ring is 1. The van der Waals surface area contributed by atoms with Crippen LogP contribution in [-0.4, -0.2) is 18.1 Å². The van der Waals surface area contributed by atoms with Gasteiger partial charge < -0.3 is 10.6 Å². The van der Waals surface area contributed by atoms with Gasteiger partial charge in [-0.05, 0) is 30.7 Å². The van der Waals surface area contributed by atoms with Gasteiger partial charge in [-0.3, -0.25) is 0 Å². The molecule has 3 rings (SSSR count). The molecule has 0 spiro atoms. The number of rotatable bonds is 2. The van der Waals surface area contributed by atoms with Crippen molar-refractivity contribution < 1.29 is 4.57 Å². The van der Waals surface area contributed by atoms with Crippen molar-refractivity contribution >= 4 is 11.4 Å². The first kappa shape index (κ1) is 11.1. The van der Waals surface area contributed by atoms with E-state index < -0.39 is 0 Å². The number of benzene rings is 1. The Morgan fingerprint density at radius 2 is 2.11 bits per heavy atom. The Bertz CT molecular complexity index is 529. The van der Waals surface area contributed by atoms with Crippen LogP contribution in [0.25, 0.3) is 0 Å². The second-order valence-electron chi connectivity index (χ2n) is 4.98. The Hall–Kier alpha value is -1.97. The van der Waals surface area contributed by atoms with E-state index in [-0.39, 0.29) is 0 Å². The van der Waals surface area contributed by atoms with Crippen LogP contribution in [0.5, 0.6) is 0 Å². The number of hydrogen-bond acceptors (Lipinski definition) is 2. The lowest BCUT2D eigenvalue weighted by Crippen LogP contribution is -2.33. The predicted molar refractivity (Wildman–Crippen MR) is 72.4 cm³/mol. The lowest BCUT2D eigenvalue weighted by Gasteiger charge is -2.18. The van der Waals surface area contributed by atoms with Gasteiger partial charge in [-0.15, -0.1) is 0 Å². The standard InChI is InChI=1S/C14H18N4/c1-17-9-7-16-14(17)11-6-8-18(10-11)13-4-2-12(15)3-5-13/h2-5,7,9,11H,6,8,10,15H2,1H3/p+1. The molecule has 4 heteroatoms. The summed E-state index contributed by atoms with van der Waals surface area (Å²) in [6.07, 6.45) is 5.27. The van der Waals surface area contributed by atoms with Gasteiger partial charge in [0.05, 0.1) is 13.0 Å². The zero-order valence-corrected chi connectivity index (χ0v) is 10.6. The van der Waals surface area contributed by atoms with Crippen LogP contribution in [0, 0.1) is 0 Å². The molecule has 18 heavy (non-hydrogen) atoms. The quantitative estimate of drug-likeness (QED) is 0.619. The molecule has 0 saturated carbocycles. The van der Waals surface area contributed by atoms with Crippen LogP contribution < -0.4 is 15.2 Å². The number of nitrogens with two attached hydrogens (primary N) is 1. The van der Waals surface area contributed by atoms with Gasteiger partial charge in [-0.1, -0.05) is 0 Å². The largest absolute Gasteiger partial charge is 0.399 e. The van der Waals surface area contributed by atoms with E-state index in [0.717, 1.165) is 18.8 Å². The summed E-state index contributed by atoms with van der Waals surface area (Å²) in [6.45, 7) is 2.17. The smallest absolute Gasteiger partial charge is 0.259 e. The summed E-state index contributed by atoms with van der Waals surface area (Å²) in [6, 6.07) is 8.15. The molecule has 4 nitrogen and oxygen atoms in total. The highest BCUT2D eigenvalue weighted by Gasteiger charge is 2.30. The normalized spacial score (nSPS) is 19.4. The molecule has 1 fully saturated rings. The van der Waals surface area contributed by atoms with Crippen LogP contribution in [-0.2, 0) is 7.05 Å². The molecule has 2 aromatic rings. The molecule has 1 atom stereocenters. The minimum absolute atomic E-state index is 0.586. The molecule has 1 aliphatic rings. The van der Waals surface area contributed by atoms with Gasteiger partial charge in [0.15, 0.2) is 0 Å². The van der Waals surface area contributed by atoms with Gasteiger partial charge in [-0.2, -0.15) is 0 Å². The number of aromatic nitrogens is 2. The predicted octanol–water partition coefficient (Wildman–Crippen LogP) is 1.42. The highest BCUT2D eigenvalue weighted by Crippen LogP contribution is 2.28. The average molecular weight is 243 g/mol. The summed E-state index contributed by atoms with van der Waals surface area (Å²) in [7, 11) is 2.09. The topological polar surface area (TPSA) is 48.9 Å². The minimum atomic E-state index is 0.586. The Kier molecular flexibility index (Phi) is 2.70. The fraction of sp³-hybridized carbons (Fsp3) is 0.357. The highest BCUT2D eigenvalue weighted by molar-refractivity contribution is 5.53. The molecule has 1 saturated heterocycles. The van der Waals surface area contributed by atoms with Crippen LogP contribution >= 0.6 is 0 Å². The van der Waals surface area contributed by atoms with Gasteiger partial charge in [0.1, 0.15) is 12.4 Å². The molecule has 1 unspecified atom stereocenters. The lowest BCUT2D eigenvalue weighted by molar-refractivity contribution is -0.679. The van der Waals surface area contributed by atoms with Crippen molar-refractivity contribution in [2.45, 2.75) is 12.3 Å². The first-order valence-electron chi connectivity index (χ1n) is 6.37. The van der Waals surface area contributed by atoms with Gasteiger partial charge in [0.25, 0.3) is 5.82 Å². The van der Waals surface area contributed by atoms with Crippen molar-refractivity contribution in [2.24, 2.45) is 7.05 Å². The van der Waals surface area contributed by atoms with Gasteiger partial charge >= 0.3 is 0 Å². The molecule has 0 bridgehead atoms. The van der Waals surface area contributed by atoms with Crippen LogP contribution in [0.4, 0.5) is 11.4 Å². The number of H-pyrrole nitrogens is 1. The molecule has 1 aromatic heterocycles. The molecular weight excluding hydrogens is 224 g/mol. The SMILES string of the molecule is C[n+]1cc[nH]c1C1CCN(c2ccc(N)cc2)C1. The molecule has 3 N–H and O–H groups in total. The van der Waals surface area contributed by atoms with E-state index >= 15 is 0 Å². The fourth-order valence-corrected chi connectivity index (χ4v) is 2.73. The third-order valence-corrected chi connectivity index (χ3v) is 3.74. The number of imidazole rings is 1. The number of hydrogen-bond donors (Lipinski definition) is 2. The third kappa shape index (κ3) is 1.94. The number of nitrogens with zero attached hydrogens (tertiary/aromatic N) is 2. The Labute approximate surface area is 107 Å². The summed E-state index contributed by atoms with van der Waals surface area (Å²) < 4.78 is 2.18. The first-order valence-corrected chi connectivity index (χ1v) is 6.37. The summed E-state index contributed by atoms with van der Waals surface area (Å²) >= 11 is 0. The van der Waals surface area contributed by atoms with E-state index in [1.165, 1.54) is 17.9 Å². The van der Waals surface area contributed by atoms with Crippen LogP contribution in [0.1, 0.15) is 18.2 Å². The lowest BCUT2D eigenvalue weighted by atomic mass is 10.1. The van der Waals surface area contributed by atoms with E-state index in [4.69, 9.17) is 5.73 Å². The second kappa shape index (κ2) is 4.37. The number of aromatic amines is 1. The average Bonchev–Trinajstić information content (AvgIpc) is 2.98. The van der Waals surface area contributed by atoms with Crippen molar-refractivity contribution in [3.8, 4) is 0 Å². The maximum atomic E-state index is 5.72. The van der Waals surface area contributed by atoms with Crippen molar-refractivity contribution in [3.05, 3.63) is 42.5 Å². The number of anilines is 2. The van der Waals surface area contributed by atoms with E-state index in [1.54, 1.807) is 0 Å². The third-order valence-electron chi connectivity index (χ3n) is 3.74. The maximum Gasteiger partial charge on any atom is 0.259 e. The van der Waals surface area contributed by atoms with E-state index in [2.05, 4.69) is 39.8 Å². The highest BCUT2D eigenvalue weighted by atomic mass is 15.2. The zero-order chi connectivity index (χ0) is 12.5. The summed E-state index contributed by atoms with van der Waals surface area (Å²) in [5.41, 5.74) is 7.81. The molecule has 1 aliphatic heterocycles. The molecule has 2 heterocycles. The van der Waals surface area contributed by atoms with Crippen molar-refractivity contribution in [3.63, 3.8) is 0 Å². The van der Waals surface area contributed by atoms with Crippen LogP contribution in [0.3, 0.4) is 0 Å². The van der Waals surface area contributed by atoms with Gasteiger partial charge in [-0.25, -0.2) is 9.55 Å². The number of aryl methyl sites for hydroxylation is 1. The van der Waals surface area contributed by atoms with Crippen molar-refractivity contribution in [1.29, 1.82) is 0 Å². The minimum Gasteiger partial charge on any atom is -0.399 e. The molecule has 0 radical (unpaired) electrons. The Morgan fingerprint density at radius 1 is 1.33 bits per heavy atom. The monoisotopic (exact) mass is 243 g/mol. The van der Waals surface area contributed by atoms with E-state index in [9.17, 15) is 0 Å². The van der Waals surface area contributed by atoms with E-state index in [1.807, 2.05) is 18.3 Å². The molecule has 0 amide bonds. The molecule has 0 aliphatic carbocycles. The molecule has 94 valence electrons. The summed E-state index contributed by atoms with van der Waals surface area (Å²) in [5.74, 6) is 1.90. The fourth-order valence-electron chi connectivity index (χ4n) is 2.73. The number of nitrogens with one attached hydrogen (secondary N) is 1. The van der Waals surface area contributed by atoms with Crippen molar-refractivity contribution in [1.82, 2.24) is 4.98 Å². The second-order valence-corrected chi connectivity index (χ2v) is 4.98. The molecular formula is C14H19N4+. The van der Waals surface area contributed by atoms with Gasteiger partial charge in [0, 0.05) is 24.5 Å². The maximum absolute atomic E-state index is 5.72. The summed E-state index contributed by atoms with van der Waals surface area (Å²) in [4.78, 5) is 5.77. The Balaban J connectivity index is 1.76. The Morgan fingerprint density at radius 3 is 2.78 bits per heavy atom. The van der Waals surface area contributed by atoms with Crippen molar-refractivity contribution in [2.75, 3.05) is 23.7 Å².